The van der Waals surface area contributed by atoms with Crippen LogP contribution in [0.1, 0.15) is 10.4 Å². The molecule has 8 heteroatoms. The second-order valence-electron chi connectivity index (χ2n) is 3.66. The molecule has 20 heavy (non-hydrogen) atoms. The molecule has 1 aromatic heterocycles. The molecule has 0 aliphatic carbocycles. The molecule has 0 aliphatic rings. The number of hydrogen-bond donors (Lipinski definition) is 0. The summed E-state index contributed by atoms with van der Waals surface area (Å²) in [4.78, 5) is 39.9. The number of esters is 2. The number of aromatic nitrogens is 1. The summed E-state index contributed by atoms with van der Waals surface area (Å²) in [5.74, 6) is -1.80. The maximum atomic E-state index is 12.3. The van der Waals surface area contributed by atoms with Crippen LogP contribution in [0.4, 0.5) is 0 Å². The van der Waals surface area contributed by atoms with Gasteiger partial charge in [-0.05, 0) is 28.1 Å². The smallest absolute Gasteiger partial charge is 0.325 e. The summed E-state index contributed by atoms with van der Waals surface area (Å²) in [5, 5.41) is 0. The second-order valence-corrected chi connectivity index (χ2v) is 4.41. The first-order valence-corrected chi connectivity index (χ1v) is 6.32. The zero-order chi connectivity index (χ0) is 15.1. The highest BCUT2D eigenvalue weighted by Gasteiger charge is 2.24. The molecule has 0 radical (unpaired) electrons. The highest BCUT2D eigenvalue weighted by Crippen LogP contribution is 2.15. The topological polar surface area (TPSA) is 85.8 Å². The minimum Gasteiger partial charge on any atom is -0.468 e. The summed E-state index contributed by atoms with van der Waals surface area (Å²) in [6.45, 7) is -0.711. The fraction of sp³-hybridized carbons (Fsp3) is 0.333. The van der Waals surface area contributed by atoms with E-state index in [0.29, 0.717) is 4.60 Å². The number of carbonyl (C=O) groups is 3. The van der Waals surface area contributed by atoms with Crippen molar-refractivity contribution in [1.29, 1.82) is 0 Å². The first-order valence-electron chi connectivity index (χ1n) is 5.53. The molecule has 7 nitrogen and oxygen atoms in total. The summed E-state index contributed by atoms with van der Waals surface area (Å²) in [6.07, 6.45) is 1.51. The van der Waals surface area contributed by atoms with Crippen LogP contribution in [0.3, 0.4) is 0 Å². The van der Waals surface area contributed by atoms with Gasteiger partial charge >= 0.3 is 11.9 Å². The Kier molecular flexibility index (Phi) is 6.10. The monoisotopic (exact) mass is 344 g/mol. The lowest BCUT2D eigenvalue weighted by Gasteiger charge is -2.20. The van der Waals surface area contributed by atoms with Crippen molar-refractivity contribution in [2.45, 2.75) is 0 Å². The quantitative estimate of drug-likeness (QED) is 0.575. The lowest BCUT2D eigenvalue weighted by atomic mass is 10.2. The number of carbonyl (C=O) groups excluding carboxylic acids is 3. The van der Waals surface area contributed by atoms with Crippen LogP contribution in [0.2, 0.25) is 0 Å². The van der Waals surface area contributed by atoms with E-state index in [1.165, 1.54) is 26.5 Å². The summed E-state index contributed by atoms with van der Waals surface area (Å²) in [6, 6.07) is 3.10. The van der Waals surface area contributed by atoms with Crippen LogP contribution in [-0.4, -0.2) is 55.0 Å². The van der Waals surface area contributed by atoms with Crippen LogP contribution in [0.15, 0.2) is 22.9 Å². The maximum absolute atomic E-state index is 12.3. The van der Waals surface area contributed by atoms with Gasteiger partial charge in [-0.15, -0.1) is 0 Å². The Labute approximate surface area is 124 Å². The van der Waals surface area contributed by atoms with E-state index in [0.717, 1.165) is 4.90 Å². The molecule has 0 unspecified atom stereocenters. The summed E-state index contributed by atoms with van der Waals surface area (Å²) >= 11 is 3.14. The van der Waals surface area contributed by atoms with Crippen molar-refractivity contribution in [2.75, 3.05) is 27.3 Å². The molecular formula is C12H13BrN2O5. The van der Waals surface area contributed by atoms with E-state index in [9.17, 15) is 14.4 Å². The van der Waals surface area contributed by atoms with E-state index >= 15 is 0 Å². The van der Waals surface area contributed by atoms with E-state index in [4.69, 9.17) is 0 Å². The molecular weight excluding hydrogens is 332 g/mol. The number of halogens is 1. The summed E-state index contributed by atoms with van der Waals surface area (Å²) in [5.41, 5.74) is 0.236. The Balaban J connectivity index is 2.97. The van der Waals surface area contributed by atoms with Gasteiger partial charge in [0.25, 0.3) is 5.91 Å². The molecule has 0 bridgehead atoms. The average Bonchev–Trinajstić information content (AvgIpc) is 2.45. The van der Waals surface area contributed by atoms with Gasteiger partial charge in [0.05, 0.1) is 19.8 Å². The van der Waals surface area contributed by atoms with Gasteiger partial charge in [-0.2, -0.15) is 0 Å². The SMILES string of the molecule is COC(=O)CN(CC(=O)OC)C(=O)c1cccnc1Br. The number of amides is 1. The Morgan fingerprint density at radius 1 is 1.20 bits per heavy atom. The number of hydrogen-bond acceptors (Lipinski definition) is 6. The summed E-state index contributed by atoms with van der Waals surface area (Å²) in [7, 11) is 2.40. The van der Waals surface area contributed by atoms with Crippen molar-refractivity contribution in [3.05, 3.63) is 28.5 Å². The average molecular weight is 345 g/mol. The van der Waals surface area contributed by atoms with Crippen LogP contribution < -0.4 is 0 Å². The fourth-order valence-corrected chi connectivity index (χ4v) is 1.78. The first kappa shape index (κ1) is 16.1. The van der Waals surface area contributed by atoms with Gasteiger partial charge in [-0.3, -0.25) is 14.4 Å². The number of rotatable bonds is 5. The van der Waals surface area contributed by atoms with E-state index in [1.54, 1.807) is 6.07 Å². The third kappa shape index (κ3) is 4.30. The minimum atomic E-state index is -0.637. The van der Waals surface area contributed by atoms with Gasteiger partial charge in [0.15, 0.2) is 0 Å². The highest BCUT2D eigenvalue weighted by atomic mass is 79.9. The second kappa shape index (κ2) is 7.59. The van der Waals surface area contributed by atoms with E-state index in [-0.39, 0.29) is 18.7 Å². The van der Waals surface area contributed by atoms with Crippen molar-refractivity contribution in [3.63, 3.8) is 0 Å². The molecule has 0 fully saturated rings. The fourth-order valence-electron chi connectivity index (χ4n) is 1.36. The van der Waals surface area contributed by atoms with Crippen molar-refractivity contribution < 1.29 is 23.9 Å². The molecule has 0 spiro atoms. The Morgan fingerprint density at radius 2 is 1.75 bits per heavy atom. The van der Waals surface area contributed by atoms with Gasteiger partial charge in [-0.1, -0.05) is 0 Å². The van der Waals surface area contributed by atoms with Crippen molar-refractivity contribution in [1.82, 2.24) is 9.88 Å². The number of pyridine rings is 1. The van der Waals surface area contributed by atoms with Gasteiger partial charge in [0.2, 0.25) is 0 Å². The normalized spacial score (nSPS) is 9.75. The lowest BCUT2D eigenvalue weighted by molar-refractivity contribution is -0.144. The van der Waals surface area contributed by atoms with Crippen molar-refractivity contribution >= 4 is 33.8 Å². The zero-order valence-corrected chi connectivity index (χ0v) is 12.5. The van der Waals surface area contributed by atoms with Gasteiger partial charge in [0.1, 0.15) is 17.7 Å². The molecule has 0 aliphatic heterocycles. The van der Waals surface area contributed by atoms with Gasteiger partial charge in [-0.25, -0.2) is 4.98 Å². The third-order valence-electron chi connectivity index (χ3n) is 2.37. The zero-order valence-electron chi connectivity index (χ0n) is 11.0. The minimum absolute atomic E-state index is 0.236. The molecule has 108 valence electrons. The van der Waals surface area contributed by atoms with Gasteiger partial charge in [0, 0.05) is 6.20 Å². The Morgan fingerprint density at radius 3 is 2.20 bits per heavy atom. The molecule has 0 saturated heterocycles. The van der Waals surface area contributed by atoms with Crippen LogP contribution in [0.25, 0.3) is 0 Å². The molecule has 1 heterocycles. The molecule has 1 rings (SSSR count). The van der Waals surface area contributed by atoms with Crippen LogP contribution in [0.5, 0.6) is 0 Å². The number of methoxy groups -OCH3 is 2. The highest BCUT2D eigenvalue weighted by molar-refractivity contribution is 9.10. The number of ether oxygens (including phenoxy) is 2. The van der Waals surface area contributed by atoms with E-state index in [1.807, 2.05) is 0 Å². The lowest BCUT2D eigenvalue weighted by Crippen LogP contribution is -2.40. The predicted octanol–water partition coefficient (Wildman–Crippen LogP) is 0.632. The van der Waals surface area contributed by atoms with E-state index in [2.05, 4.69) is 30.4 Å². The van der Waals surface area contributed by atoms with Crippen molar-refractivity contribution in [3.8, 4) is 0 Å². The van der Waals surface area contributed by atoms with Crippen LogP contribution in [-0.2, 0) is 19.1 Å². The third-order valence-corrected chi connectivity index (χ3v) is 3.00. The van der Waals surface area contributed by atoms with Crippen molar-refractivity contribution in [2.24, 2.45) is 0 Å². The first-order chi connectivity index (χ1) is 9.49. The van der Waals surface area contributed by atoms with E-state index < -0.39 is 17.8 Å². The Hall–Kier alpha value is -1.96. The van der Waals surface area contributed by atoms with Crippen LogP contribution >= 0.6 is 15.9 Å². The molecule has 0 atom stereocenters. The Bertz CT molecular complexity index is 502. The molecule has 0 saturated carbocycles. The van der Waals surface area contributed by atoms with Crippen LogP contribution in [0, 0.1) is 0 Å². The molecule has 0 aromatic carbocycles. The molecule has 1 amide bonds. The molecule has 1 aromatic rings. The molecule has 0 N–H and O–H groups in total. The standard InChI is InChI=1S/C12H13BrN2O5/c1-19-9(16)6-15(7-10(17)20-2)12(18)8-4-3-5-14-11(8)13/h3-5H,6-7H2,1-2H3. The predicted molar refractivity (Wildman–Crippen MR) is 71.9 cm³/mol. The maximum Gasteiger partial charge on any atom is 0.325 e. The summed E-state index contributed by atoms with van der Waals surface area (Å²) < 4.78 is 9.32. The number of nitrogens with zero attached hydrogens (tertiary/aromatic N) is 2. The van der Waals surface area contributed by atoms with Gasteiger partial charge < -0.3 is 14.4 Å². The largest absolute Gasteiger partial charge is 0.468 e.